The summed E-state index contributed by atoms with van der Waals surface area (Å²) < 4.78 is 4.93. The summed E-state index contributed by atoms with van der Waals surface area (Å²) in [5, 5.41) is -0.194. The Morgan fingerprint density at radius 2 is 1.63 bits per heavy atom. The summed E-state index contributed by atoms with van der Waals surface area (Å²) in [5.41, 5.74) is 7.52. The second kappa shape index (κ2) is 9.89. The van der Waals surface area contributed by atoms with Gasteiger partial charge in [-0.1, -0.05) is 48.2 Å². The summed E-state index contributed by atoms with van der Waals surface area (Å²) in [6, 6.07) is 18.9. The van der Waals surface area contributed by atoms with E-state index in [1.807, 2.05) is 60.7 Å². The first kappa shape index (κ1) is 21.3. The number of carbonyl (C=O) groups excluding carboxylic acids is 2. The smallest absolute Gasteiger partial charge is 0.343 e. The minimum atomic E-state index is -0.574. The molecule has 7 nitrogen and oxygen atoms in total. The second-order valence-electron chi connectivity index (χ2n) is 6.28. The molecule has 30 heavy (non-hydrogen) atoms. The minimum Gasteiger partial charge on any atom is -0.462 e. The number of nitrogens with zero attached hydrogens (tertiary/aromatic N) is 3. The van der Waals surface area contributed by atoms with E-state index in [1.165, 1.54) is 18.0 Å². The number of esters is 1. The molecule has 0 aliphatic heterocycles. The number of aromatic nitrogens is 2. The molecule has 0 saturated carbocycles. The van der Waals surface area contributed by atoms with Crippen molar-refractivity contribution in [2.24, 2.45) is 0 Å². The van der Waals surface area contributed by atoms with Crippen molar-refractivity contribution < 1.29 is 14.3 Å². The fourth-order valence-corrected chi connectivity index (χ4v) is 3.54. The predicted octanol–water partition coefficient (Wildman–Crippen LogP) is 4.08. The number of anilines is 3. The average Bonchev–Trinajstić information content (AvgIpc) is 2.75. The molecule has 1 atom stereocenters. The SMILES string of the molecule is CCOC(=O)c1cnc(SC(C)C(=O)N(c2ccccc2)c2ccccc2)nc1N. The first-order valence-corrected chi connectivity index (χ1v) is 10.3. The molecule has 0 fully saturated rings. The van der Waals surface area contributed by atoms with Gasteiger partial charge in [0.2, 0.25) is 5.91 Å². The van der Waals surface area contributed by atoms with Gasteiger partial charge in [-0.05, 0) is 38.1 Å². The van der Waals surface area contributed by atoms with Gasteiger partial charge in [0.1, 0.15) is 11.4 Å². The maximum absolute atomic E-state index is 13.3. The Morgan fingerprint density at radius 1 is 1.07 bits per heavy atom. The van der Waals surface area contributed by atoms with E-state index in [4.69, 9.17) is 10.5 Å². The Morgan fingerprint density at radius 3 is 2.13 bits per heavy atom. The van der Waals surface area contributed by atoms with Crippen LogP contribution in [0.5, 0.6) is 0 Å². The molecule has 0 saturated heterocycles. The van der Waals surface area contributed by atoms with Crippen molar-refractivity contribution >= 4 is 40.8 Å². The summed E-state index contributed by atoms with van der Waals surface area (Å²) in [6.07, 6.45) is 1.33. The van der Waals surface area contributed by atoms with Crippen LogP contribution in [-0.2, 0) is 9.53 Å². The van der Waals surface area contributed by atoms with Crippen LogP contribution in [0, 0.1) is 0 Å². The highest BCUT2D eigenvalue weighted by molar-refractivity contribution is 8.00. The zero-order valence-electron chi connectivity index (χ0n) is 16.7. The van der Waals surface area contributed by atoms with Crippen molar-refractivity contribution in [3.05, 3.63) is 72.4 Å². The number of nitrogen functional groups attached to an aromatic ring is 1. The number of ether oxygens (including phenoxy) is 1. The number of rotatable bonds is 7. The lowest BCUT2D eigenvalue weighted by atomic mass is 10.2. The molecular formula is C22H22N4O3S. The highest BCUT2D eigenvalue weighted by Crippen LogP contribution is 2.30. The molecule has 1 heterocycles. The third-order valence-corrected chi connectivity index (χ3v) is 5.13. The number of hydrogen-bond acceptors (Lipinski definition) is 7. The zero-order chi connectivity index (χ0) is 21.5. The molecule has 0 spiro atoms. The molecule has 2 N–H and O–H groups in total. The topological polar surface area (TPSA) is 98.4 Å². The van der Waals surface area contributed by atoms with Crippen molar-refractivity contribution in [2.75, 3.05) is 17.2 Å². The summed E-state index contributed by atoms with van der Waals surface area (Å²) in [5.74, 6) is -0.683. The van der Waals surface area contributed by atoms with Gasteiger partial charge in [-0.3, -0.25) is 9.69 Å². The van der Waals surface area contributed by atoms with Crippen LogP contribution in [0.3, 0.4) is 0 Å². The first-order chi connectivity index (χ1) is 14.5. The molecule has 1 amide bonds. The van der Waals surface area contributed by atoms with Crippen molar-refractivity contribution in [1.82, 2.24) is 9.97 Å². The zero-order valence-corrected chi connectivity index (χ0v) is 17.5. The van der Waals surface area contributed by atoms with E-state index in [9.17, 15) is 9.59 Å². The molecule has 1 unspecified atom stereocenters. The molecule has 3 rings (SSSR count). The maximum atomic E-state index is 13.3. The molecule has 8 heteroatoms. The Labute approximate surface area is 179 Å². The largest absolute Gasteiger partial charge is 0.462 e. The highest BCUT2D eigenvalue weighted by atomic mass is 32.2. The number of hydrogen-bond donors (Lipinski definition) is 1. The van der Waals surface area contributed by atoms with Gasteiger partial charge in [0.15, 0.2) is 5.16 Å². The quantitative estimate of drug-likeness (QED) is 0.348. The van der Waals surface area contributed by atoms with E-state index in [1.54, 1.807) is 18.7 Å². The Bertz CT molecular complexity index is 976. The Kier molecular flexibility index (Phi) is 7.03. The van der Waals surface area contributed by atoms with Crippen molar-refractivity contribution in [3.8, 4) is 0 Å². The molecular weight excluding hydrogens is 400 g/mol. The van der Waals surface area contributed by atoms with Crippen molar-refractivity contribution in [3.63, 3.8) is 0 Å². The Hall–Kier alpha value is -3.39. The van der Waals surface area contributed by atoms with Crippen LogP contribution in [-0.4, -0.2) is 33.7 Å². The fourth-order valence-electron chi connectivity index (χ4n) is 2.75. The molecule has 0 radical (unpaired) electrons. The number of carbonyl (C=O) groups is 2. The van der Waals surface area contributed by atoms with Gasteiger partial charge in [0.05, 0.1) is 11.9 Å². The second-order valence-corrected chi connectivity index (χ2v) is 7.58. The van der Waals surface area contributed by atoms with Gasteiger partial charge in [-0.2, -0.15) is 0 Å². The molecule has 0 bridgehead atoms. The normalized spacial score (nSPS) is 11.5. The van der Waals surface area contributed by atoms with Gasteiger partial charge < -0.3 is 10.5 Å². The van der Waals surface area contributed by atoms with Crippen molar-refractivity contribution in [2.45, 2.75) is 24.3 Å². The number of nitrogens with two attached hydrogens (primary N) is 1. The third kappa shape index (κ3) is 4.96. The van der Waals surface area contributed by atoms with Crippen LogP contribution < -0.4 is 10.6 Å². The minimum absolute atomic E-state index is 0.0218. The summed E-state index contributed by atoms with van der Waals surface area (Å²) >= 11 is 1.17. The van der Waals surface area contributed by atoms with E-state index < -0.39 is 11.2 Å². The first-order valence-electron chi connectivity index (χ1n) is 9.41. The van der Waals surface area contributed by atoms with Gasteiger partial charge in [0, 0.05) is 17.6 Å². The lowest BCUT2D eigenvalue weighted by molar-refractivity contribution is -0.117. The van der Waals surface area contributed by atoms with Crippen LogP contribution in [0.15, 0.2) is 72.0 Å². The lowest BCUT2D eigenvalue weighted by Crippen LogP contribution is -2.32. The van der Waals surface area contributed by atoms with Crippen LogP contribution in [0.25, 0.3) is 0 Å². The lowest BCUT2D eigenvalue weighted by Gasteiger charge is -2.25. The van der Waals surface area contributed by atoms with Crippen LogP contribution in [0.1, 0.15) is 24.2 Å². The standard InChI is InChI=1S/C22H22N4O3S/c1-3-29-21(28)18-14-24-22(25-19(18)23)30-15(2)20(27)26(16-10-6-4-7-11-16)17-12-8-5-9-13-17/h4-15H,3H2,1-2H3,(H2,23,24,25). The van der Waals surface area contributed by atoms with Crippen LogP contribution in [0.4, 0.5) is 17.2 Å². The average molecular weight is 423 g/mol. The van der Waals surface area contributed by atoms with Gasteiger partial charge >= 0.3 is 5.97 Å². The molecule has 0 aliphatic carbocycles. The summed E-state index contributed by atoms with van der Waals surface area (Å²) in [6.45, 7) is 3.72. The highest BCUT2D eigenvalue weighted by Gasteiger charge is 2.25. The van der Waals surface area contributed by atoms with Gasteiger partial charge in [0.25, 0.3) is 0 Å². The molecule has 0 aliphatic rings. The van der Waals surface area contributed by atoms with E-state index >= 15 is 0 Å². The van der Waals surface area contributed by atoms with E-state index in [0.717, 1.165) is 11.4 Å². The number of para-hydroxylation sites is 2. The third-order valence-electron chi connectivity index (χ3n) is 4.17. The van der Waals surface area contributed by atoms with Crippen LogP contribution in [0.2, 0.25) is 0 Å². The predicted molar refractivity (Wildman–Crippen MR) is 118 cm³/mol. The molecule has 2 aromatic carbocycles. The van der Waals surface area contributed by atoms with Crippen LogP contribution >= 0.6 is 11.8 Å². The van der Waals surface area contributed by atoms with E-state index in [0.29, 0.717) is 5.16 Å². The number of benzene rings is 2. The number of thioether (sulfide) groups is 1. The van der Waals surface area contributed by atoms with Crippen molar-refractivity contribution in [1.29, 1.82) is 0 Å². The van der Waals surface area contributed by atoms with E-state index in [-0.39, 0.29) is 23.9 Å². The monoisotopic (exact) mass is 422 g/mol. The van der Waals surface area contributed by atoms with Gasteiger partial charge in [-0.15, -0.1) is 0 Å². The fraction of sp³-hybridized carbons (Fsp3) is 0.182. The van der Waals surface area contributed by atoms with Gasteiger partial charge in [-0.25, -0.2) is 14.8 Å². The number of amides is 1. The molecule has 1 aromatic heterocycles. The Balaban J connectivity index is 1.82. The summed E-state index contributed by atoms with van der Waals surface area (Å²) in [4.78, 5) is 35.2. The molecule has 3 aromatic rings. The molecule has 154 valence electrons. The maximum Gasteiger partial charge on any atom is 0.343 e. The van der Waals surface area contributed by atoms with E-state index in [2.05, 4.69) is 9.97 Å². The summed E-state index contributed by atoms with van der Waals surface area (Å²) in [7, 11) is 0.